The molecule has 0 spiro atoms. The SMILES string of the molecule is Cc1ccc(S(=O)(=O)C2CCN(C(=O)c3ccc4occc4c3)CC2)cc1. The lowest BCUT2D eigenvalue weighted by atomic mass is 10.1. The topological polar surface area (TPSA) is 67.6 Å². The van der Waals surface area contributed by atoms with Crippen molar-refractivity contribution in [3.8, 4) is 0 Å². The Balaban J connectivity index is 1.46. The molecule has 2 heterocycles. The highest BCUT2D eigenvalue weighted by Crippen LogP contribution is 2.26. The molecular weight excluding hydrogens is 362 g/mol. The standard InChI is InChI=1S/C21H21NO4S/c1-15-2-5-18(6-3-15)27(24,25)19-8-11-22(12-9-19)21(23)17-4-7-20-16(14-17)10-13-26-20/h2-7,10,13-14,19H,8-9,11-12H2,1H3. The molecule has 1 amide bonds. The largest absolute Gasteiger partial charge is 0.464 e. The van der Waals surface area contributed by atoms with Crippen LogP contribution in [0.5, 0.6) is 0 Å². The average molecular weight is 383 g/mol. The first kappa shape index (κ1) is 17.8. The minimum absolute atomic E-state index is 0.0655. The van der Waals surface area contributed by atoms with Gasteiger partial charge in [-0.25, -0.2) is 8.42 Å². The Labute approximate surface area is 158 Å². The van der Waals surface area contributed by atoms with E-state index in [-0.39, 0.29) is 5.91 Å². The Morgan fingerprint density at radius 1 is 1.04 bits per heavy atom. The number of piperidine rings is 1. The number of fused-ring (bicyclic) bond motifs is 1. The summed E-state index contributed by atoms with van der Waals surface area (Å²) >= 11 is 0. The summed E-state index contributed by atoms with van der Waals surface area (Å²) < 4.78 is 31.0. The van der Waals surface area contributed by atoms with Gasteiger partial charge in [0.05, 0.1) is 16.4 Å². The summed E-state index contributed by atoms with van der Waals surface area (Å²) in [6.07, 6.45) is 2.51. The third-order valence-electron chi connectivity index (χ3n) is 5.22. The van der Waals surface area contributed by atoms with Gasteiger partial charge in [0.25, 0.3) is 5.91 Å². The maximum atomic E-state index is 12.8. The molecule has 0 bridgehead atoms. The zero-order valence-corrected chi connectivity index (χ0v) is 15.9. The predicted molar refractivity (Wildman–Crippen MR) is 104 cm³/mol. The average Bonchev–Trinajstić information content (AvgIpc) is 3.15. The summed E-state index contributed by atoms with van der Waals surface area (Å²) in [4.78, 5) is 14.9. The lowest BCUT2D eigenvalue weighted by Gasteiger charge is -2.31. The summed E-state index contributed by atoms with van der Waals surface area (Å²) in [6, 6.07) is 14.2. The second-order valence-electron chi connectivity index (χ2n) is 7.02. The van der Waals surface area contributed by atoms with Crippen LogP contribution in [0.4, 0.5) is 0 Å². The second-order valence-corrected chi connectivity index (χ2v) is 9.25. The molecule has 1 fully saturated rings. The van der Waals surface area contributed by atoms with E-state index < -0.39 is 15.1 Å². The molecule has 1 aromatic heterocycles. The molecule has 5 nitrogen and oxygen atoms in total. The van der Waals surface area contributed by atoms with Crippen molar-refractivity contribution in [1.29, 1.82) is 0 Å². The van der Waals surface area contributed by atoms with Crippen LogP contribution in [0.2, 0.25) is 0 Å². The van der Waals surface area contributed by atoms with E-state index in [4.69, 9.17) is 4.42 Å². The van der Waals surface area contributed by atoms with Crippen LogP contribution in [0.3, 0.4) is 0 Å². The van der Waals surface area contributed by atoms with Crippen molar-refractivity contribution in [2.45, 2.75) is 29.9 Å². The van der Waals surface area contributed by atoms with Gasteiger partial charge in [0.15, 0.2) is 9.84 Å². The molecule has 0 atom stereocenters. The second kappa shape index (κ2) is 6.85. The van der Waals surface area contributed by atoms with E-state index >= 15 is 0 Å². The highest BCUT2D eigenvalue weighted by molar-refractivity contribution is 7.92. The van der Waals surface area contributed by atoms with Gasteiger partial charge in [0.2, 0.25) is 0 Å². The molecule has 1 saturated heterocycles. The van der Waals surface area contributed by atoms with Gasteiger partial charge in [-0.15, -0.1) is 0 Å². The third kappa shape index (κ3) is 3.37. The number of sulfone groups is 1. The molecule has 0 N–H and O–H groups in total. The lowest BCUT2D eigenvalue weighted by molar-refractivity contribution is 0.0726. The first-order chi connectivity index (χ1) is 12.9. The molecule has 3 aromatic rings. The number of carbonyl (C=O) groups excluding carboxylic acids is 1. The summed E-state index contributed by atoms with van der Waals surface area (Å²) in [6.45, 7) is 2.82. The molecule has 0 saturated carbocycles. The van der Waals surface area contributed by atoms with Crippen LogP contribution in [-0.4, -0.2) is 37.6 Å². The summed E-state index contributed by atoms with van der Waals surface area (Å²) in [5, 5.41) is 0.443. The summed E-state index contributed by atoms with van der Waals surface area (Å²) in [7, 11) is -3.36. The van der Waals surface area contributed by atoms with E-state index in [0.717, 1.165) is 16.5 Å². The quantitative estimate of drug-likeness (QED) is 0.690. The Kier molecular flexibility index (Phi) is 4.52. The number of likely N-dealkylation sites (tertiary alicyclic amines) is 1. The molecule has 27 heavy (non-hydrogen) atoms. The number of aryl methyl sites for hydroxylation is 1. The van der Waals surface area contributed by atoms with Crippen molar-refractivity contribution >= 4 is 26.7 Å². The fraction of sp³-hybridized carbons (Fsp3) is 0.286. The highest BCUT2D eigenvalue weighted by Gasteiger charge is 2.33. The Hall–Kier alpha value is -2.60. The van der Waals surface area contributed by atoms with Gasteiger partial charge >= 0.3 is 0 Å². The van der Waals surface area contributed by atoms with E-state index in [2.05, 4.69) is 0 Å². The van der Waals surface area contributed by atoms with Crippen LogP contribution in [0, 0.1) is 6.92 Å². The Morgan fingerprint density at radius 2 is 1.74 bits per heavy atom. The fourth-order valence-electron chi connectivity index (χ4n) is 3.57. The number of hydrogen-bond donors (Lipinski definition) is 0. The lowest BCUT2D eigenvalue weighted by Crippen LogP contribution is -2.42. The predicted octanol–water partition coefficient (Wildman–Crippen LogP) is 3.82. The number of amides is 1. The van der Waals surface area contributed by atoms with Crippen molar-refractivity contribution < 1.29 is 17.6 Å². The Morgan fingerprint density at radius 3 is 2.44 bits per heavy atom. The smallest absolute Gasteiger partial charge is 0.253 e. The summed E-state index contributed by atoms with van der Waals surface area (Å²) in [5.41, 5.74) is 2.38. The first-order valence-electron chi connectivity index (χ1n) is 9.02. The molecule has 1 aliphatic rings. The van der Waals surface area contributed by atoms with Crippen LogP contribution in [0.1, 0.15) is 28.8 Å². The molecule has 0 aliphatic carbocycles. The van der Waals surface area contributed by atoms with Crippen LogP contribution in [-0.2, 0) is 9.84 Å². The zero-order valence-electron chi connectivity index (χ0n) is 15.1. The van der Waals surface area contributed by atoms with Gasteiger partial charge in [-0.1, -0.05) is 17.7 Å². The zero-order chi connectivity index (χ0) is 19.0. The van der Waals surface area contributed by atoms with Crippen LogP contribution in [0.25, 0.3) is 11.0 Å². The van der Waals surface area contributed by atoms with Gasteiger partial charge in [0.1, 0.15) is 5.58 Å². The minimum atomic E-state index is -3.36. The van der Waals surface area contributed by atoms with Crippen molar-refractivity contribution in [2.75, 3.05) is 13.1 Å². The van der Waals surface area contributed by atoms with E-state index in [9.17, 15) is 13.2 Å². The van der Waals surface area contributed by atoms with Gasteiger partial charge < -0.3 is 9.32 Å². The van der Waals surface area contributed by atoms with Crippen molar-refractivity contribution in [2.24, 2.45) is 0 Å². The van der Waals surface area contributed by atoms with E-state index in [1.807, 2.05) is 31.2 Å². The number of furan rings is 1. The monoisotopic (exact) mass is 383 g/mol. The molecule has 4 rings (SSSR count). The molecule has 6 heteroatoms. The van der Waals surface area contributed by atoms with Gasteiger partial charge in [0, 0.05) is 24.0 Å². The van der Waals surface area contributed by atoms with Gasteiger partial charge in [-0.2, -0.15) is 0 Å². The number of nitrogens with zero attached hydrogens (tertiary/aromatic N) is 1. The van der Waals surface area contributed by atoms with Crippen LogP contribution in [0.15, 0.2) is 64.1 Å². The van der Waals surface area contributed by atoms with E-state index in [1.165, 1.54) is 0 Å². The van der Waals surface area contributed by atoms with E-state index in [1.54, 1.807) is 35.4 Å². The molecule has 2 aromatic carbocycles. The minimum Gasteiger partial charge on any atom is -0.464 e. The number of rotatable bonds is 3. The van der Waals surface area contributed by atoms with Crippen LogP contribution < -0.4 is 0 Å². The van der Waals surface area contributed by atoms with Crippen molar-refractivity contribution in [3.05, 3.63) is 65.9 Å². The fourth-order valence-corrected chi connectivity index (χ4v) is 5.30. The highest BCUT2D eigenvalue weighted by atomic mass is 32.2. The number of benzene rings is 2. The number of carbonyl (C=O) groups is 1. The van der Waals surface area contributed by atoms with Gasteiger partial charge in [-0.05, 0) is 56.2 Å². The van der Waals surface area contributed by atoms with Crippen molar-refractivity contribution in [3.63, 3.8) is 0 Å². The first-order valence-corrected chi connectivity index (χ1v) is 10.6. The molecule has 0 radical (unpaired) electrons. The van der Waals surface area contributed by atoms with E-state index in [0.29, 0.717) is 36.4 Å². The Bertz CT molecular complexity index is 1070. The molecule has 0 unspecified atom stereocenters. The maximum absolute atomic E-state index is 12.8. The molecular formula is C21H21NO4S. The van der Waals surface area contributed by atoms with Crippen LogP contribution >= 0.6 is 0 Å². The normalized spacial score (nSPS) is 16.0. The molecule has 1 aliphatic heterocycles. The maximum Gasteiger partial charge on any atom is 0.253 e. The number of hydrogen-bond acceptors (Lipinski definition) is 4. The third-order valence-corrected chi connectivity index (χ3v) is 7.50. The van der Waals surface area contributed by atoms with Crippen molar-refractivity contribution in [1.82, 2.24) is 4.90 Å². The summed E-state index contributed by atoms with van der Waals surface area (Å²) in [5.74, 6) is -0.0655. The van der Waals surface area contributed by atoms with Gasteiger partial charge in [-0.3, -0.25) is 4.79 Å². The molecule has 140 valence electrons.